The van der Waals surface area contributed by atoms with E-state index < -0.39 is 11.4 Å². The van der Waals surface area contributed by atoms with E-state index in [1.54, 1.807) is 12.1 Å². The van der Waals surface area contributed by atoms with Gasteiger partial charge in [-0.05, 0) is 22.4 Å². The van der Waals surface area contributed by atoms with E-state index in [-0.39, 0.29) is 11.3 Å². The first-order valence-electron chi connectivity index (χ1n) is 5.70. The Morgan fingerprint density at radius 3 is 2.47 bits per heavy atom. The fourth-order valence-electron chi connectivity index (χ4n) is 2.08. The van der Waals surface area contributed by atoms with Crippen molar-refractivity contribution in [3.63, 3.8) is 0 Å². The van der Waals surface area contributed by atoms with E-state index in [0.29, 0.717) is 5.56 Å². The number of hydrogen-bond donors (Lipinski definition) is 2. The molecule has 4 nitrogen and oxygen atoms in total. The lowest BCUT2D eigenvalue weighted by molar-refractivity contribution is 0.382. The zero-order chi connectivity index (χ0) is 13.4. The Hall–Kier alpha value is -2.75. The highest BCUT2D eigenvalue weighted by atomic mass is 16.4. The van der Waals surface area contributed by atoms with Gasteiger partial charge in [0.25, 0.3) is 0 Å². The molecule has 0 radical (unpaired) electrons. The van der Waals surface area contributed by atoms with Crippen LogP contribution < -0.4 is 5.63 Å². The van der Waals surface area contributed by atoms with Gasteiger partial charge in [0.05, 0.1) is 5.56 Å². The second-order valence-corrected chi connectivity index (χ2v) is 4.19. The zero-order valence-corrected chi connectivity index (χ0v) is 9.83. The first-order chi connectivity index (χ1) is 9.16. The average Bonchev–Trinajstić information content (AvgIpc) is 2.43. The van der Waals surface area contributed by atoms with Crippen molar-refractivity contribution in [2.75, 3.05) is 0 Å². The van der Waals surface area contributed by atoms with Gasteiger partial charge in [-0.3, -0.25) is 0 Å². The average molecular weight is 254 g/mol. The minimum absolute atomic E-state index is 0.0852. The highest BCUT2D eigenvalue weighted by molar-refractivity contribution is 5.89. The molecule has 0 aliphatic heterocycles. The van der Waals surface area contributed by atoms with Crippen molar-refractivity contribution in [1.82, 2.24) is 0 Å². The van der Waals surface area contributed by atoms with Gasteiger partial charge in [0.1, 0.15) is 6.26 Å². The van der Waals surface area contributed by atoms with Crippen LogP contribution in [0.15, 0.2) is 57.9 Å². The molecule has 0 spiro atoms. The van der Waals surface area contributed by atoms with Crippen molar-refractivity contribution in [2.45, 2.75) is 0 Å². The van der Waals surface area contributed by atoms with E-state index in [2.05, 4.69) is 4.42 Å². The monoisotopic (exact) mass is 254 g/mol. The lowest BCUT2D eigenvalue weighted by atomic mass is 10.0. The number of aromatic hydroxyl groups is 2. The van der Waals surface area contributed by atoms with E-state index in [1.165, 1.54) is 0 Å². The number of fused-ring (bicyclic) bond motifs is 1. The van der Waals surface area contributed by atoms with Gasteiger partial charge in [0.2, 0.25) is 5.75 Å². The van der Waals surface area contributed by atoms with Crippen LogP contribution in [0.3, 0.4) is 0 Å². The third-order valence-electron chi connectivity index (χ3n) is 3.00. The minimum Gasteiger partial charge on any atom is -0.504 e. The predicted octanol–water partition coefficient (Wildman–Crippen LogP) is 2.87. The van der Waals surface area contributed by atoms with E-state index in [4.69, 9.17) is 0 Å². The van der Waals surface area contributed by atoms with Gasteiger partial charge in [-0.15, -0.1) is 0 Å². The summed E-state index contributed by atoms with van der Waals surface area (Å²) in [5, 5.41) is 21.5. The van der Waals surface area contributed by atoms with E-state index >= 15 is 0 Å². The van der Waals surface area contributed by atoms with Gasteiger partial charge in [0.15, 0.2) is 5.75 Å². The zero-order valence-electron chi connectivity index (χ0n) is 9.83. The van der Waals surface area contributed by atoms with Gasteiger partial charge in [-0.1, -0.05) is 36.4 Å². The molecule has 1 heterocycles. The Labute approximate surface area is 108 Å². The van der Waals surface area contributed by atoms with Crippen molar-refractivity contribution in [3.8, 4) is 22.6 Å². The first kappa shape index (κ1) is 11.3. The van der Waals surface area contributed by atoms with Crippen LogP contribution in [0, 0.1) is 0 Å². The molecule has 0 bridgehead atoms. The smallest absolute Gasteiger partial charge is 0.379 e. The Morgan fingerprint density at radius 2 is 1.68 bits per heavy atom. The minimum atomic E-state index is -0.874. The molecule has 0 aliphatic rings. The van der Waals surface area contributed by atoms with Crippen LogP contribution in [-0.4, -0.2) is 10.2 Å². The molecule has 4 heteroatoms. The van der Waals surface area contributed by atoms with Gasteiger partial charge in [-0.25, -0.2) is 4.79 Å². The summed E-state index contributed by atoms with van der Waals surface area (Å²) in [6, 6.07) is 13.1. The van der Waals surface area contributed by atoms with Crippen molar-refractivity contribution in [1.29, 1.82) is 0 Å². The molecular weight excluding hydrogens is 244 g/mol. The van der Waals surface area contributed by atoms with Crippen LogP contribution in [-0.2, 0) is 0 Å². The highest BCUT2D eigenvalue weighted by Crippen LogP contribution is 2.35. The molecule has 0 amide bonds. The SMILES string of the molecule is O=c1occ(O)c(-c2ccc3ccccc3c2)c1O. The van der Waals surface area contributed by atoms with Gasteiger partial charge < -0.3 is 14.6 Å². The molecule has 0 aliphatic carbocycles. The first-order valence-corrected chi connectivity index (χ1v) is 5.70. The van der Waals surface area contributed by atoms with Crippen molar-refractivity contribution >= 4 is 10.8 Å². The molecule has 94 valence electrons. The Kier molecular flexibility index (Phi) is 2.49. The standard InChI is InChI=1S/C15H10O4/c16-12-8-19-15(18)14(17)13(12)11-6-5-9-3-1-2-4-10(9)7-11/h1-8,16-17H. The Morgan fingerprint density at radius 1 is 0.947 bits per heavy atom. The van der Waals surface area contributed by atoms with Gasteiger partial charge >= 0.3 is 5.63 Å². The number of hydrogen-bond acceptors (Lipinski definition) is 4. The predicted molar refractivity (Wildman–Crippen MR) is 71.2 cm³/mol. The molecule has 0 atom stereocenters. The quantitative estimate of drug-likeness (QED) is 0.700. The second-order valence-electron chi connectivity index (χ2n) is 4.19. The number of benzene rings is 2. The fraction of sp³-hybridized carbons (Fsp3) is 0. The molecule has 19 heavy (non-hydrogen) atoms. The summed E-state index contributed by atoms with van der Waals surface area (Å²) in [4.78, 5) is 11.3. The number of rotatable bonds is 1. The van der Waals surface area contributed by atoms with Crippen LogP contribution in [0.1, 0.15) is 0 Å². The van der Waals surface area contributed by atoms with Crippen LogP contribution in [0.5, 0.6) is 11.5 Å². The van der Waals surface area contributed by atoms with Crippen LogP contribution in [0.25, 0.3) is 21.9 Å². The Bertz CT molecular complexity index is 818. The topological polar surface area (TPSA) is 70.7 Å². The summed E-state index contributed by atoms with van der Waals surface area (Å²) in [5.41, 5.74) is -0.232. The van der Waals surface area contributed by atoms with Crippen LogP contribution in [0.4, 0.5) is 0 Å². The fourth-order valence-corrected chi connectivity index (χ4v) is 2.08. The Balaban J connectivity index is 2.30. The van der Waals surface area contributed by atoms with E-state index in [1.807, 2.05) is 30.3 Å². The maximum absolute atomic E-state index is 11.3. The van der Waals surface area contributed by atoms with Crippen molar-refractivity contribution < 1.29 is 14.6 Å². The molecule has 3 aromatic rings. The third-order valence-corrected chi connectivity index (χ3v) is 3.00. The maximum atomic E-state index is 11.3. The summed E-state index contributed by atoms with van der Waals surface area (Å²) in [7, 11) is 0. The normalized spacial score (nSPS) is 10.7. The van der Waals surface area contributed by atoms with Crippen molar-refractivity contribution in [3.05, 3.63) is 59.1 Å². The van der Waals surface area contributed by atoms with Gasteiger partial charge in [0, 0.05) is 0 Å². The molecule has 0 unspecified atom stereocenters. The van der Waals surface area contributed by atoms with E-state index in [0.717, 1.165) is 17.0 Å². The lowest BCUT2D eigenvalue weighted by Gasteiger charge is -2.07. The third kappa shape index (κ3) is 1.83. The van der Waals surface area contributed by atoms with Crippen molar-refractivity contribution in [2.24, 2.45) is 0 Å². The summed E-state index contributed by atoms with van der Waals surface area (Å²) in [6.45, 7) is 0. The molecular formula is C15H10O4. The van der Waals surface area contributed by atoms with Crippen LogP contribution in [0.2, 0.25) is 0 Å². The molecule has 1 aromatic heterocycles. The molecule has 3 rings (SSSR count). The summed E-state index contributed by atoms with van der Waals surface area (Å²) in [5.74, 6) is -0.859. The summed E-state index contributed by atoms with van der Waals surface area (Å²) < 4.78 is 4.48. The highest BCUT2D eigenvalue weighted by Gasteiger charge is 2.15. The van der Waals surface area contributed by atoms with E-state index in [9.17, 15) is 15.0 Å². The maximum Gasteiger partial charge on any atom is 0.379 e. The summed E-state index contributed by atoms with van der Waals surface area (Å²) >= 11 is 0. The largest absolute Gasteiger partial charge is 0.504 e. The molecule has 0 saturated carbocycles. The summed E-state index contributed by atoms with van der Waals surface area (Å²) in [6.07, 6.45) is 0.923. The molecule has 0 fully saturated rings. The second kappa shape index (κ2) is 4.17. The molecule has 0 saturated heterocycles. The molecule has 2 aromatic carbocycles. The molecule has 2 N–H and O–H groups in total. The van der Waals surface area contributed by atoms with Gasteiger partial charge in [-0.2, -0.15) is 0 Å². The lowest BCUT2D eigenvalue weighted by Crippen LogP contribution is -1.98. The van der Waals surface area contributed by atoms with Crippen LogP contribution >= 0.6 is 0 Å².